The van der Waals surface area contributed by atoms with Gasteiger partial charge in [-0.05, 0) is 60.9 Å². The second-order valence-electron chi connectivity index (χ2n) is 11.2. The number of carbonyl (C=O) groups excluding carboxylic acids is 1. The number of halogens is 1. The zero-order chi connectivity index (χ0) is 29.9. The summed E-state index contributed by atoms with van der Waals surface area (Å²) in [4.78, 5) is 36.0. The molecule has 224 valence electrons. The van der Waals surface area contributed by atoms with Crippen LogP contribution in [0.5, 0.6) is 0 Å². The lowest BCUT2D eigenvalue weighted by Gasteiger charge is -2.30. The van der Waals surface area contributed by atoms with E-state index in [-0.39, 0.29) is 17.4 Å². The molecule has 2 aromatic carbocycles. The topological polar surface area (TPSA) is 76.5 Å². The number of thiazole rings is 1. The maximum Gasteiger partial charge on any atom is 0.265 e. The zero-order valence-corrected chi connectivity index (χ0v) is 26.3. The number of amides is 1. The van der Waals surface area contributed by atoms with Crippen LogP contribution >= 0.6 is 22.9 Å². The molecule has 4 heterocycles. The molecule has 1 unspecified atom stereocenters. The predicted octanol–water partition coefficient (Wildman–Crippen LogP) is 6.03. The van der Waals surface area contributed by atoms with Crippen molar-refractivity contribution in [3.05, 3.63) is 91.7 Å². The van der Waals surface area contributed by atoms with E-state index in [4.69, 9.17) is 21.3 Å². The number of benzene rings is 2. The normalized spacial score (nSPS) is 17.0. The zero-order valence-electron chi connectivity index (χ0n) is 24.7. The van der Waals surface area contributed by atoms with E-state index in [1.165, 1.54) is 11.3 Å². The van der Waals surface area contributed by atoms with Gasteiger partial charge in [0.25, 0.3) is 11.5 Å². The van der Waals surface area contributed by atoms with Crippen molar-refractivity contribution >= 4 is 28.8 Å². The smallest absolute Gasteiger partial charge is 0.265 e. The van der Waals surface area contributed by atoms with Gasteiger partial charge in [-0.2, -0.15) is 0 Å². The molecule has 0 bridgehead atoms. The molecule has 0 aliphatic carbocycles. The van der Waals surface area contributed by atoms with Crippen molar-refractivity contribution < 1.29 is 9.53 Å². The minimum Gasteiger partial charge on any atom is -0.381 e. The van der Waals surface area contributed by atoms with Crippen molar-refractivity contribution in [1.82, 2.24) is 19.8 Å². The second-order valence-corrected chi connectivity index (χ2v) is 12.5. The van der Waals surface area contributed by atoms with Crippen LogP contribution in [0.25, 0.3) is 27.5 Å². The van der Waals surface area contributed by atoms with Crippen molar-refractivity contribution in [2.45, 2.75) is 39.5 Å². The van der Waals surface area contributed by atoms with Gasteiger partial charge in [0.15, 0.2) is 0 Å². The highest BCUT2D eigenvalue weighted by atomic mass is 35.5. The summed E-state index contributed by atoms with van der Waals surface area (Å²) in [6.07, 6.45) is 3.04. The summed E-state index contributed by atoms with van der Waals surface area (Å²) in [5.41, 5.74) is 6.43. The van der Waals surface area contributed by atoms with Crippen molar-refractivity contribution in [1.29, 1.82) is 0 Å². The fourth-order valence-corrected chi connectivity index (χ4v) is 7.10. The Labute approximate surface area is 261 Å². The molecule has 0 saturated carbocycles. The third-order valence-electron chi connectivity index (χ3n) is 8.51. The molecule has 4 aromatic rings. The van der Waals surface area contributed by atoms with Crippen LogP contribution in [0.3, 0.4) is 0 Å². The third kappa shape index (κ3) is 6.07. The molecular formula is C34H37ClN4O3S. The Morgan fingerprint density at radius 2 is 1.81 bits per heavy atom. The average Bonchev–Trinajstić information content (AvgIpc) is 3.75. The van der Waals surface area contributed by atoms with E-state index in [1.54, 1.807) is 0 Å². The molecule has 1 N–H and O–H groups in total. The predicted molar refractivity (Wildman–Crippen MR) is 174 cm³/mol. The van der Waals surface area contributed by atoms with E-state index in [2.05, 4.69) is 37.4 Å². The van der Waals surface area contributed by atoms with Gasteiger partial charge in [-0.25, -0.2) is 4.98 Å². The maximum atomic E-state index is 14.8. The number of aryl methyl sites for hydroxylation is 2. The molecule has 0 radical (unpaired) electrons. The van der Waals surface area contributed by atoms with E-state index in [1.807, 2.05) is 45.2 Å². The summed E-state index contributed by atoms with van der Waals surface area (Å²) >= 11 is 7.55. The first kappa shape index (κ1) is 29.8. The van der Waals surface area contributed by atoms with E-state index in [0.717, 1.165) is 66.1 Å². The SMILES string of the molecule is CCc1cccc(CC)c1-n1c(CC2CCOC2)c(C(=O)N2CCNCC2)cc(-c2nc(-c3ccc(Cl)cc3)cs2)c1=O. The minimum absolute atomic E-state index is 0.0353. The Hall–Kier alpha value is -3.30. The van der Waals surface area contributed by atoms with Gasteiger partial charge in [0, 0.05) is 61.1 Å². The summed E-state index contributed by atoms with van der Waals surface area (Å²) in [6, 6.07) is 15.6. The first-order chi connectivity index (χ1) is 21.0. The Kier molecular flexibility index (Phi) is 9.09. The molecule has 2 saturated heterocycles. The number of nitrogens with one attached hydrogen (secondary N) is 1. The number of nitrogens with zero attached hydrogens (tertiary/aromatic N) is 3. The van der Waals surface area contributed by atoms with Crippen LogP contribution in [0.1, 0.15) is 47.4 Å². The molecule has 9 heteroatoms. The number of pyridine rings is 1. The van der Waals surface area contributed by atoms with Gasteiger partial charge < -0.3 is 15.0 Å². The Morgan fingerprint density at radius 1 is 1.09 bits per heavy atom. The molecule has 2 aliphatic rings. The number of hydrogen-bond acceptors (Lipinski definition) is 6. The highest BCUT2D eigenvalue weighted by molar-refractivity contribution is 7.13. The summed E-state index contributed by atoms with van der Waals surface area (Å²) < 4.78 is 7.61. The van der Waals surface area contributed by atoms with Crippen LogP contribution in [0.2, 0.25) is 5.02 Å². The molecule has 6 rings (SSSR count). The van der Waals surface area contributed by atoms with Crippen LogP contribution in [0.15, 0.2) is 58.7 Å². The maximum absolute atomic E-state index is 14.8. The number of piperazine rings is 1. The van der Waals surface area contributed by atoms with Crippen molar-refractivity contribution in [2.75, 3.05) is 39.4 Å². The van der Waals surface area contributed by atoms with E-state index < -0.39 is 0 Å². The molecule has 0 spiro atoms. The molecule has 43 heavy (non-hydrogen) atoms. The summed E-state index contributed by atoms with van der Waals surface area (Å²) in [6.45, 7) is 8.31. The molecular weight excluding hydrogens is 580 g/mol. The quantitative estimate of drug-likeness (QED) is 0.262. The van der Waals surface area contributed by atoms with Crippen LogP contribution in [-0.4, -0.2) is 59.8 Å². The van der Waals surface area contributed by atoms with Gasteiger partial charge in [-0.3, -0.25) is 14.2 Å². The summed E-state index contributed by atoms with van der Waals surface area (Å²) in [7, 11) is 0. The molecule has 7 nitrogen and oxygen atoms in total. The fraction of sp³-hybridized carbons (Fsp3) is 0.382. The largest absolute Gasteiger partial charge is 0.381 e. The molecule has 1 atom stereocenters. The lowest BCUT2D eigenvalue weighted by atomic mass is 9.95. The van der Waals surface area contributed by atoms with Crippen LogP contribution in [-0.2, 0) is 24.0 Å². The second kappa shape index (κ2) is 13.1. The fourth-order valence-electron chi connectivity index (χ4n) is 6.14. The Bertz CT molecular complexity index is 1650. The lowest BCUT2D eigenvalue weighted by Crippen LogP contribution is -2.47. The van der Waals surface area contributed by atoms with Crippen LogP contribution < -0.4 is 10.9 Å². The van der Waals surface area contributed by atoms with Crippen LogP contribution in [0.4, 0.5) is 0 Å². The van der Waals surface area contributed by atoms with Crippen molar-refractivity contribution in [3.8, 4) is 27.5 Å². The number of para-hydroxylation sites is 1. The molecule has 2 aromatic heterocycles. The van der Waals surface area contributed by atoms with Crippen molar-refractivity contribution in [3.63, 3.8) is 0 Å². The van der Waals surface area contributed by atoms with Gasteiger partial charge in [0.05, 0.1) is 22.5 Å². The van der Waals surface area contributed by atoms with E-state index in [0.29, 0.717) is 53.9 Å². The first-order valence-corrected chi connectivity index (χ1v) is 16.4. The van der Waals surface area contributed by atoms with Crippen molar-refractivity contribution in [2.24, 2.45) is 5.92 Å². The summed E-state index contributed by atoms with van der Waals surface area (Å²) in [5.74, 6) is 0.202. The lowest BCUT2D eigenvalue weighted by molar-refractivity contribution is 0.0733. The number of aromatic nitrogens is 2. The van der Waals surface area contributed by atoms with E-state index in [9.17, 15) is 9.59 Å². The highest BCUT2D eigenvalue weighted by Gasteiger charge is 2.30. The molecule has 1 amide bonds. The monoisotopic (exact) mass is 616 g/mol. The van der Waals surface area contributed by atoms with Gasteiger partial charge in [0.2, 0.25) is 0 Å². The Balaban J connectivity index is 1.61. The van der Waals surface area contributed by atoms with Gasteiger partial charge in [-0.15, -0.1) is 11.3 Å². The molecule has 2 aliphatic heterocycles. The van der Waals surface area contributed by atoms with Gasteiger partial charge >= 0.3 is 0 Å². The van der Waals surface area contributed by atoms with E-state index >= 15 is 0 Å². The third-order valence-corrected chi connectivity index (χ3v) is 9.63. The minimum atomic E-state index is -0.140. The standard InChI is InChI=1S/C34H37ClN4O3S/c1-3-23-6-5-7-24(4-2)31(23)39-30(18-22-12-17-42-20-22)27(33(40)38-15-13-36-14-16-38)19-28(34(39)41)32-37-29(21-43-32)25-8-10-26(35)11-9-25/h5-11,19,21-22,36H,3-4,12-18,20H2,1-2H3. The Morgan fingerprint density at radius 3 is 2.47 bits per heavy atom. The average molecular weight is 617 g/mol. The number of hydrogen-bond donors (Lipinski definition) is 1. The van der Waals surface area contributed by atoms with Gasteiger partial charge in [-0.1, -0.05) is 55.8 Å². The first-order valence-electron chi connectivity index (χ1n) is 15.2. The van der Waals surface area contributed by atoms with Crippen LogP contribution in [0, 0.1) is 5.92 Å². The number of carbonyl (C=O) groups is 1. The molecule has 2 fully saturated rings. The highest BCUT2D eigenvalue weighted by Crippen LogP contribution is 2.33. The number of rotatable bonds is 8. The summed E-state index contributed by atoms with van der Waals surface area (Å²) in [5, 5.41) is 6.56. The number of ether oxygens (including phenoxy) is 1. The van der Waals surface area contributed by atoms with Gasteiger partial charge in [0.1, 0.15) is 5.01 Å².